The van der Waals surface area contributed by atoms with Gasteiger partial charge >= 0.3 is 6.03 Å². The van der Waals surface area contributed by atoms with Gasteiger partial charge in [-0.2, -0.15) is 0 Å². The molecule has 0 atom stereocenters. The molecule has 0 bridgehead atoms. The van der Waals surface area contributed by atoms with E-state index in [1.165, 1.54) is 18.2 Å². The lowest BCUT2D eigenvalue weighted by Gasteiger charge is -2.28. The Morgan fingerprint density at radius 3 is 2.41 bits per heavy atom. The number of aromatic nitrogens is 1. The Kier molecular flexibility index (Phi) is 5.88. The fourth-order valence-electron chi connectivity index (χ4n) is 3.31. The predicted molar refractivity (Wildman–Crippen MR) is 122 cm³/mol. The van der Waals surface area contributed by atoms with Gasteiger partial charge < -0.3 is 4.74 Å². The van der Waals surface area contributed by atoms with Gasteiger partial charge in [-0.3, -0.25) is 25.0 Å². The van der Waals surface area contributed by atoms with Crippen LogP contribution in [0.25, 0.3) is 6.08 Å². The van der Waals surface area contributed by atoms with Gasteiger partial charge in [-0.05, 0) is 54.8 Å². The predicted octanol–water partition coefficient (Wildman–Crippen LogP) is 4.07. The van der Waals surface area contributed by atoms with E-state index in [0.29, 0.717) is 17.0 Å². The van der Waals surface area contributed by atoms with Crippen LogP contribution in [0.2, 0.25) is 0 Å². The Balaban J connectivity index is 1.57. The number of aryl methyl sites for hydroxylation is 1. The molecule has 1 aromatic heterocycles. The van der Waals surface area contributed by atoms with E-state index in [4.69, 9.17) is 4.74 Å². The van der Waals surface area contributed by atoms with Crippen molar-refractivity contribution in [3.63, 3.8) is 0 Å². The second-order valence-electron chi connectivity index (χ2n) is 7.46. The average Bonchev–Trinajstić information content (AvgIpc) is 2.81. The van der Waals surface area contributed by atoms with Crippen LogP contribution in [0.3, 0.4) is 0 Å². The van der Waals surface area contributed by atoms with Crippen molar-refractivity contribution >= 4 is 35.3 Å². The second-order valence-corrected chi connectivity index (χ2v) is 7.46. The van der Waals surface area contributed by atoms with Crippen molar-refractivity contribution in [2.24, 2.45) is 0 Å². The molecule has 10 heteroatoms. The van der Waals surface area contributed by atoms with E-state index in [9.17, 15) is 24.5 Å². The number of imide groups is 2. The van der Waals surface area contributed by atoms with Crippen LogP contribution in [-0.4, -0.2) is 27.8 Å². The van der Waals surface area contributed by atoms with Crippen LogP contribution in [-0.2, 0) is 9.59 Å². The Morgan fingerprint density at radius 2 is 1.76 bits per heavy atom. The number of barbiturate groups is 1. The average molecular weight is 458 g/mol. The number of amides is 4. The number of hydrogen-bond acceptors (Lipinski definition) is 7. The first kappa shape index (κ1) is 22.3. The minimum Gasteiger partial charge on any atom is -0.439 e. The quantitative estimate of drug-likeness (QED) is 0.264. The molecular weight excluding hydrogens is 440 g/mol. The van der Waals surface area contributed by atoms with E-state index in [2.05, 4.69) is 10.3 Å². The minimum atomic E-state index is -0.805. The Morgan fingerprint density at radius 1 is 1.03 bits per heavy atom. The molecule has 0 saturated carbocycles. The summed E-state index contributed by atoms with van der Waals surface area (Å²) >= 11 is 0. The third kappa shape index (κ3) is 4.37. The SMILES string of the molecule is Cc1cccc(N2C(=O)NC(=O)/C(=C\c3ccc(Oc4ccc([N+](=O)[O-])cn4)cc3)C2=O)c1C. The summed E-state index contributed by atoms with van der Waals surface area (Å²) in [6.07, 6.45) is 2.47. The van der Waals surface area contributed by atoms with Crippen LogP contribution in [0.1, 0.15) is 16.7 Å². The molecule has 4 rings (SSSR count). The lowest BCUT2D eigenvalue weighted by atomic mass is 10.0. The molecule has 2 heterocycles. The number of nitro groups is 1. The van der Waals surface area contributed by atoms with Crippen molar-refractivity contribution in [1.29, 1.82) is 0 Å². The number of nitrogens with zero attached hydrogens (tertiary/aromatic N) is 3. The Hall–Kier alpha value is -4.86. The number of hydrogen-bond donors (Lipinski definition) is 1. The van der Waals surface area contributed by atoms with Gasteiger partial charge in [0, 0.05) is 12.1 Å². The summed E-state index contributed by atoms with van der Waals surface area (Å²) in [5.74, 6) is -0.943. The fourth-order valence-corrected chi connectivity index (χ4v) is 3.31. The van der Waals surface area contributed by atoms with Crippen molar-refractivity contribution < 1.29 is 24.0 Å². The van der Waals surface area contributed by atoms with Gasteiger partial charge in [0.25, 0.3) is 17.5 Å². The van der Waals surface area contributed by atoms with Crippen LogP contribution in [0, 0.1) is 24.0 Å². The van der Waals surface area contributed by atoms with Crippen LogP contribution >= 0.6 is 0 Å². The molecule has 1 N–H and O–H groups in total. The van der Waals surface area contributed by atoms with Crippen LogP contribution < -0.4 is 15.0 Å². The topological polar surface area (TPSA) is 132 Å². The number of nitrogens with one attached hydrogen (secondary N) is 1. The van der Waals surface area contributed by atoms with Gasteiger partial charge in [0.15, 0.2) is 0 Å². The first-order valence-corrected chi connectivity index (χ1v) is 10.1. The molecule has 1 aliphatic rings. The van der Waals surface area contributed by atoms with E-state index >= 15 is 0 Å². The molecule has 0 radical (unpaired) electrons. The molecular formula is C24H18N4O6. The molecule has 34 heavy (non-hydrogen) atoms. The summed E-state index contributed by atoms with van der Waals surface area (Å²) in [5.41, 5.74) is 2.24. The maximum Gasteiger partial charge on any atom is 0.335 e. The molecule has 1 fully saturated rings. The van der Waals surface area contributed by atoms with E-state index < -0.39 is 22.8 Å². The highest BCUT2D eigenvalue weighted by Gasteiger charge is 2.37. The number of carbonyl (C=O) groups is 3. The van der Waals surface area contributed by atoms with Crippen LogP contribution in [0.4, 0.5) is 16.2 Å². The van der Waals surface area contributed by atoms with Crippen molar-refractivity contribution in [3.8, 4) is 11.6 Å². The van der Waals surface area contributed by atoms with Gasteiger partial charge in [0.1, 0.15) is 17.5 Å². The van der Waals surface area contributed by atoms with E-state index in [0.717, 1.165) is 22.2 Å². The van der Waals surface area contributed by atoms with E-state index in [1.54, 1.807) is 43.3 Å². The fraction of sp³-hybridized carbons (Fsp3) is 0.0833. The molecule has 170 valence electrons. The second kappa shape index (κ2) is 8.94. The monoisotopic (exact) mass is 458 g/mol. The Labute approximate surface area is 193 Å². The van der Waals surface area contributed by atoms with Crippen molar-refractivity contribution in [2.75, 3.05) is 4.90 Å². The summed E-state index contributed by atoms with van der Waals surface area (Å²) in [6.45, 7) is 3.66. The normalized spacial score (nSPS) is 14.8. The Bertz CT molecular complexity index is 1350. The molecule has 0 unspecified atom stereocenters. The molecule has 3 aromatic rings. The van der Waals surface area contributed by atoms with Gasteiger partial charge in [0.05, 0.1) is 10.6 Å². The zero-order valence-corrected chi connectivity index (χ0v) is 18.1. The number of carbonyl (C=O) groups excluding carboxylic acids is 3. The number of ether oxygens (including phenoxy) is 1. The number of anilines is 1. The largest absolute Gasteiger partial charge is 0.439 e. The van der Waals surface area contributed by atoms with Crippen LogP contribution in [0.15, 0.2) is 66.4 Å². The maximum absolute atomic E-state index is 13.1. The third-order valence-electron chi connectivity index (χ3n) is 5.26. The molecule has 0 spiro atoms. The lowest BCUT2D eigenvalue weighted by molar-refractivity contribution is -0.385. The highest BCUT2D eigenvalue weighted by molar-refractivity contribution is 6.39. The first-order valence-electron chi connectivity index (χ1n) is 10.1. The molecule has 4 amide bonds. The van der Waals surface area contributed by atoms with Crippen LogP contribution in [0.5, 0.6) is 11.6 Å². The van der Waals surface area contributed by atoms with E-state index in [1.807, 2.05) is 13.0 Å². The van der Waals surface area contributed by atoms with Crippen molar-refractivity contribution in [1.82, 2.24) is 10.3 Å². The van der Waals surface area contributed by atoms with E-state index in [-0.39, 0.29) is 17.1 Å². The van der Waals surface area contributed by atoms with Gasteiger partial charge in [0.2, 0.25) is 5.88 Å². The summed E-state index contributed by atoms with van der Waals surface area (Å²) in [4.78, 5) is 52.9. The van der Waals surface area contributed by atoms with Crippen molar-refractivity contribution in [3.05, 3.63) is 93.2 Å². The smallest absolute Gasteiger partial charge is 0.335 e. The van der Waals surface area contributed by atoms with Crippen molar-refractivity contribution in [2.45, 2.75) is 13.8 Å². The van der Waals surface area contributed by atoms with Gasteiger partial charge in [-0.15, -0.1) is 0 Å². The molecule has 2 aromatic carbocycles. The standard InChI is InChI=1S/C24H18N4O6/c1-14-4-3-5-20(15(14)2)27-23(30)19(22(29)26-24(27)31)12-16-6-9-18(10-7-16)34-21-11-8-17(13-25-21)28(32)33/h3-13H,1-2H3,(H,26,29,31)/b19-12+. The molecule has 1 saturated heterocycles. The van der Waals surface area contributed by atoms with Gasteiger partial charge in [-0.1, -0.05) is 24.3 Å². The zero-order valence-electron chi connectivity index (χ0n) is 18.1. The first-order chi connectivity index (χ1) is 16.2. The highest BCUT2D eigenvalue weighted by Crippen LogP contribution is 2.27. The number of benzene rings is 2. The molecule has 1 aliphatic heterocycles. The maximum atomic E-state index is 13.1. The number of rotatable bonds is 5. The summed E-state index contributed by atoms with van der Waals surface area (Å²) in [7, 11) is 0. The highest BCUT2D eigenvalue weighted by atomic mass is 16.6. The number of pyridine rings is 1. The summed E-state index contributed by atoms with van der Waals surface area (Å²) in [5, 5.41) is 12.9. The minimum absolute atomic E-state index is 0.155. The molecule has 10 nitrogen and oxygen atoms in total. The summed E-state index contributed by atoms with van der Waals surface area (Å²) < 4.78 is 5.56. The number of urea groups is 1. The third-order valence-corrected chi connectivity index (χ3v) is 5.26. The lowest BCUT2D eigenvalue weighted by Crippen LogP contribution is -2.54. The zero-order chi connectivity index (χ0) is 24.4. The van der Waals surface area contributed by atoms with Gasteiger partial charge in [-0.25, -0.2) is 14.7 Å². The summed E-state index contributed by atoms with van der Waals surface area (Å²) in [6, 6.07) is 13.5. The molecule has 0 aliphatic carbocycles.